The Bertz CT molecular complexity index is 487. The van der Waals surface area contributed by atoms with Crippen molar-refractivity contribution in [3.05, 3.63) is 17.8 Å². The Hall–Kier alpha value is -1.43. The molecule has 0 aliphatic heterocycles. The Morgan fingerprint density at radius 3 is 2.75 bits per heavy atom. The quantitative estimate of drug-likeness (QED) is 0.774. The molecule has 1 heterocycles. The number of nitrogens with one attached hydrogen (secondary N) is 1. The number of thioether (sulfide) groups is 1. The molecule has 2 rings (SSSR count). The Labute approximate surface area is 123 Å². The van der Waals surface area contributed by atoms with Crippen molar-refractivity contribution < 1.29 is 9.90 Å². The molecule has 4 N–H and O–H groups in total. The van der Waals surface area contributed by atoms with Crippen molar-refractivity contribution in [2.75, 3.05) is 23.9 Å². The molecule has 0 amide bonds. The van der Waals surface area contributed by atoms with E-state index in [1.54, 1.807) is 6.07 Å². The molecule has 0 saturated heterocycles. The topological polar surface area (TPSA) is 88.2 Å². The predicted molar refractivity (Wildman–Crippen MR) is 83.4 cm³/mol. The van der Waals surface area contributed by atoms with Crippen molar-refractivity contribution in [1.82, 2.24) is 4.98 Å². The molecule has 5 nitrogen and oxygen atoms in total. The lowest BCUT2D eigenvalue weighted by Gasteiger charge is -2.36. The Morgan fingerprint density at radius 1 is 1.45 bits per heavy atom. The van der Waals surface area contributed by atoms with Crippen molar-refractivity contribution in [1.29, 1.82) is 0 Å². The van der Waals surface area contributed by atoms with Crippen LogP contribution in [0.2, 0.25) is 0 Å². The van der Waals surface area contributed by atoms with Gasteiger partial charge in [-0.1, -0.05) is 19.3 Å². The van der Waals surface area contributed by atoms with Crippen molar-refractivity contribution in [3.63, 3.8) is 0 Å². The zero-order valence-electron chi connectivity index (χ0n) is 11.7. The van der Waals surface area contributed by atoms with Gasteiger partial charge in [0.05, 0.1) is 5.69 Å². The average Bonchev–Trinajstić information content (AvgIpc) is 2.47. The molecule has 0 spiro atoms. The van der Waals surface area contributed by atoms with Gasteiger partial charge in [0.2, 0.25) is 0 Å². The lowest BCUT2D eigenvalue weighted by atomic mass is 9.88. The van der Waals surface area contributed by atoms with E-state index in [1.807, 2.05) is 11.8 Å². The van der Waals surface area contributed by atoms with Crippen LogP contribution in [-0.2, 0) is 0 Å². The summed E-state index contributed by atoms with van der Waals surface area (Å²) in [7, 11) is 0. The maximum Gasteiger partial charge on any atom is 0.354 e. The summed E-state index contributed by atoms with van der Waals surface area (Å²) in [4.78, 5) is 15.0. The van der Waals surface area contributed by atoms with Gasteiger partial charge in [0, 0.05) is 11.3 Å². The van der Waals surface area contributed by atoms with Gasteiger partial charge in [-0.3, -0.25) is 0 Å². The second-order valence-electron chi connectivity index (χ2n) is 5.24. The maximum absolute atomic E-state index is 11.0. The average molecular weight is 295 g/mol. The monoisotopic (exact) mass is 295 g/mol. The molecular weight excluding hydrogens is 274 g/mol. The summed E-state index contributed by atoms with van der Waals surface area (Å²) >= 11 is 1.88. The summed E-state index contributed by atoms with van der Waals surface area (Å²) in [6.45, 7) is 0.772. The van der Waals surface area contributed by atoms with Crippen LogP contribution < -0.4 is 11.1 Å². The van der Waals surface area contributed by atoms with Gasteiger partial charge in [0.15, 0.2) is 5.69 Å². The summed E-state index contributed by atoms with van der Waals surface area (Å²) in [6.07, 6.45) is 8.30. The van der Waals surface area contributed by atoms with E-state index in [0.29, 0.717) is 11.5 Å². The molecule has 0 atom stereocenters. The maximum atomic E-state index is 11.0. The molecule has 1 saturated carbocycles. The first-order chi connectivity index (χ1) is 9.56. The van der Waals surface area contributed by atoms with Gasteiger partial charge in [-0.25, -0.2) is 9.78 Å². The Morgan fingerprint density at radius 2 is 2.15 bits per heavy atom. The van der Waals surface area contributed by atoms with Gasteiger partial charge in [-0.2, -0.15) is 11.8 Å². The van der Waals surface area contributed by atoms with Crippen molar-refractivity contribution in [2.24, 2.45) is 0 Å². The molecule has 110 valence electrons. The van der Waals surface area contributed by atoms with E-state index in [4.69, 9.17) is 10.8 Å². The first kappa shape index (κ1) is 15.0. The van der Waals surface area contributed by atoms with E-state index in [9.17, 15) is 4.79 Å². The zero-order valence-corrected chi connectivity index (χ0v) is 12.5. The number of carbonyl (C=O) groups is 1. The lowest BCUT2D eigenvalue weighted by Crippen LogP contribution is -2.36. The molecule has 20 heavy (non-hydrogen) atoms. The minimum atomic E-state index is -1.04. The number of nitrogens with two attached hydrogens (primary N) is 1. The summed E-state index contributed by atoms with van der Waals surface area (Å²) < 4.78 is 0.214. The van der Waals surface area contributed by atoms with Crippen molar-refractivity contribution >= 4 is 29.2 Å². The molecule has 1 aromatic heterocycles. The number of hydrogen-bond donors (Lipinski definition) is 3. The predicted octanol–water partition coefficient (Wildman–Crippen LogP) is 2.84. The first-order valence-corrected chi connectivity index (χ1v) is 8.08. The van der Waals surface area contributed by atoms with Crippen LogP contribution in [0.15, 0.2) is 12.1 Å². The molecule has 0 unspecified atom stereocenters. The highest BCUT2D eigenvalue weighted by Crippen LogP contribution is 2.38. The number of carboxylic acids is 1. The van der Waals surface area contributed by atoms with Gasteiger partial charge >= 0.3 is 5.97 Å². The standard InChI is InChI=1S/C14H21N3O2S/c1-20-14(7-3-2-4-8-14)9-16-12-10(15)5-6-11(17-12)13(18)19/h5-6H,2-4,7-9,15H2,1H3,(H,16,17)(H,18,19). The Kier molecular flexibility index (Phi) is 4.75. The number of nitrogens with zero attached hydrogens (tertiary/aromatic N) is 1. The van der Waals surface area contributed by atoms with Crippen LogP contribution >= 0.6 is 11.8 Å². The lowest BCUT2D eigenvalue weighted by molar-refractivity contribution is 0.0690. The smallest absolute Gasteiger partial charge is 0.354 e. The largest absolute Gasteiger partial charge is 0.477 e. The van der Waals surface area contributed by atoms with Gasteiger partial charge in [0.25, 0.3) is 0 Å². The van der Waals surface area contributed by atoms with E-state index in [1.165, 1.54) is 38.2 Å². The summed E-state index contributed by atoms with van der Waals surface area (Å²) in [5, 5.41) is 12.2. The highest BCUT2D eigenvalue weighted by Gasteiger charge is 2.31. The van der Waals surface area contributed by atoms with E-state index >= 15 is 0 Å². The van der Waals surface area contributed by atoms with Gasteiger partial charge in [-0.05, 0) is 31.2 Å². The van der Waals surface area contributed by atoms with Crippen LogP contribution in [0.5, 0.6) is 0 Å². The van der Waals surface area contributed by atoms with Gasteiger partial charge in [-0.15, -0.1) is 0 Å². The summed E-state index contributed by atoms with van der Waals surface area (Å²) in [5.41, 5.74) is 6.37. The summed E-state index contributed by atoms with van der Waals surface area (Å²) in [6, 6.07) is 3.01. The fourth-order valence-electron chi connectivity index (χ4n) is 2.62. The van der Waals surface area contributed by atoms with Crippen LogP contribution in [-0.4, -0.2) is 33.6 Å². The fourth-order valence-corrected chi connectivity index (χ4v) is 3.54. The zero-order chi connectivity index (χ0) is 14.6. The van der Waals surface area contributed by atoms with E-state index < -0.39 is 5.97 Å². The number of aromatic nitrogens is 1. The molecule has 0 radical (unpaired) electrons. The molecule has 1 aliphatic rings. The number of pyridine rings is 1. The molecule has 1 aromatic rings. The molecule has 1 fully saturated rings. The van der Waals surface area contributed by atoms with Crippen LogP contribution in [0.3, 0.4) is 0 Å². The highest BCUT2D eigenvalue weighted by atomic mass is 32.2. The van der Waals surface area contributed by atoms with E-state index in [0.717, 1.165) is 6.54 Å². The third-order valence-corrected chi connectivity index (χ3v) is 5.34. The van der Waals surface area contributed by atoms with Crippen molar-refractivity contribution in [3.8, 4) is 0 Å². The third kappa shape index (κ3) is 3.36. The second kappa shape index (κ2) is 6.35. The molecule has 6 heteroatoms. The highest BCUT2D eigenvalue weighted by molar-refractivity contribution is 8.00. The van der Waals surface area contributed by atoms with Crippen LogP contribution in [0, 0.1) is 0 Å². The van der Waals surface area contributed by atoms with Crippen LogP contribution in [0.4, 0.5) is 11.5 Å². The van der Waals surface area contributed by atoms with Gasteiger partial charge < -0.3 is 16.2 Å². The molecule has 1 aliphatic carbocycles. The fraction of sp³-hybridized carbons (Fsp3) is 0.571. The van der Waals surface area contributed by atoms with Gasteiger partial charge in [0.1, 0.15) is 5.82 Å². The SMILES string of the molecule is CSC1(CNc2nc(C(=O)O)ccc2N)CCCCC1. The minimum Gasteiger partial charge on any atom is -0.477 e. The molecular formula is C14H21N3O2S. The minimum absolute atomic E-state index is 0.0172. The Balaban J connectivity index is 2.09. The molecule has 0 bridgehead atoms. The summed E-state index contributed by atoms with van der Waals surface area (Å²) in [5.74, 6) is -0.561. The third-order valence-electron chi connectivity index (χ3n) is 3.92. The van der Waals surface area contributed by atoms with Crippen LogP contribution in [0.1, 0.15) is 42.6 Å². The second-order valence-corrected chi connectivity index (χ2v) is 6.52. The van der Waals surface area contributed by atoms with E-state index in [-0.39, 0.29) is 10.4 Å². The number of anilines is 2. The number of hydrogen-bond acceptors (Lipinski definition) is 5. The van der Waals surface area contributed by atoms with Crippen LogP contribution in [0.25, 0.3) is 0 Å². The normalized spacial score (nSPS) is 17.6. The number of aromatic carboxylic acids is 1. The van der Waals surface area contributed by atoms with E-state index in [2.05, 4.69) is 16.6 Å². The molecule has 0 aromatic carbocycles. The van der Waals surface area contributed by atoms with Crippen molar-refractivity contribution in [2.45, 2.75) is 36.9 Å². The number of rotatable bonds is 5. The number of carboxylic acid groups (broad SMARTS) is 1. The first-order valence-electron chi connectivity index (χ1n) is 6.85. The number of nitrogen functional groups attached to an aromatic ring is 1.